The molecule has 2 aromatic rings. The molecule has 0 aliphatic carbocycles. The lowest BCUT2D eigenvalue weighted by Gasteiger charge is -2.22. The SMILES string of the molecule is C[C@H]1Oc2ccccc2C=C1/C=C1/Oc2cc(OC(=O)C(C)(C)C)ccc2C1=O. The average Bonchev–Trinajstić information content (AvgIpc) is 2.96. The first-order chi connectivity index (χ1) is 13.7. The van der Waals surface area contributed by atoms with E-state index in [1.54, 1.807) is 45.0 Å². The minimum Gasteiger partial charge on any atom is -0.485 e. The number of carbonyl (C=O) groups excluding carboxylic acids is 2. The van der Waals surface area contributed by atoms with Gasteiger partial charge in [0.1, 0.15) is 23.4 Å². The Labute approximate surface area is 169 Å². The molecule has 2 aliphatic rings. The van der Waals surface area contributed by atoms with E-state index in [0.717, 1.165) is 16.9 Å². The number of allylic oxidation sites excluding steroid dienone is 1. The van der Waals surface area contributed by atoms with Crippen LogP contribution >= 0.6 is 0 Å². The maximum atomic E-state index is 12.7. The van der Waals surface area contributed by atoms with Gasteiger partial charge in [-0.05, 0) is 63.6 Å². The minimum absolute atomic E-state index is 0.208. The summed E-state index contributed by atoms with van der Waals surface area (Å²) < 4.78 is 17.1. The zero-order valence-corrected chi connectivity index (χ0v) is 16.8. The van der Waals surface area contributed by atoms with Crippen LogP contribution in [0.4, 0.5) is 0 Å². The van der Waals surface area contributed by atoms with Crippen molar-refractivity contribution in [3.8, 4) is 17.2 Å². The van der Waals surface area contributed by atoms with E-state index in [1.807, 2.05) is 37.3 Å². The van der Waals surface area contributed by atoms with Gasteiger partial charge in [-0.25, -0.2) is 0 Å². The second-order valence-corrected chi connectivity index (χ2v) is 8.18. The summed E-state index contributed by atoms with van der Waals surface area (Å²) in [6, 6.07) is 12.5. The molecule has 0 saturated carbocycles. The molecule has 0 radical (unpaired) electrons. The topological polar surface area (TPSA) is 61.8 Å². The van der Waals surface area contributed by atoms with Crippen molar-refractivity contribution in [1.29, 1.82) is 0 Å². The quantitative estimate of drug-likeness (QED) is 0.412. The van der Waals surface area contributed by atoms with Crippen LogP contribution in [0.3, 0.4) is 0 Å². The van der Waals surface area contributed by atoms with Gasteiger partial charge in [0, 0.05) is 11.6 Å². The summed E-state index contributed by atoms with van der Waals surface area (Å²) in [6.45, 7) is 7.27. The Hall–Kier alpha value is -3.34. The van der Waals surface area contributed by atoms with E-state index in [9.17, 15) is 9.59 Å². The van der Waals surface area contributed by atoms with Gasteiger partial charge in [0.15, 0.2) is 5.76 Å². The largest absolute Gasteiger partial charge is 0.485 e. The van der Waals surface area contributed by atoms with Crippen molar-refractivity contribution in [2.24, 2.45) is 5.41 Å². The fourth-order valence-electron chi connectivity index (χ4n) is 3.06. The third-order valence-corrected chi connectivity index (χ3v) is 4.78. The molecule has 5 heteroatoms. The number of ketones is 1. The molecular weight excluding hydrogens is 368 g/mol. The maximum Gasteiger partial charge on any atom is 0.316 e. The molecule has 0 unspecified atom stereocenters. The summed E-state index contributed by atoms with van der Waals surface area (Å²) in [5, 5.41) is 0. The van der Waals surface area contributed by atoms with Crippen molar-refractivity contribution in [1.82, 2.24) is 0 Å². The summed E-state index contributed by atoms with van der Waals surface area (Å²) in [5.41, 5.74) is 1.62. The molecule has 4 rings (SSSR count). The number of carbonyl (C=O) groups is 2. The summed E-state index contributed by atoms with van der Waals surface area (Å²) >= 11 is 0. The molecule has 0 aromatic heterocycles. The van der Waals surface area contributed by atoms with E-state index >= 15 is 0 Å². The first-order valence-electron chi connectivity index (χ1n) is 9.50. The van der Waals surface area contributed by atoms with Crippen LogP contribution in [-0.2, 0) is 4.79 Å². The van der Waals surface area contributed by atoms with Gasteiger partial charge in [0.2, 0.25) is 5.78 Å². The number of ether oxygens (including phenoxy) is 3. The van der Waals surface area contributed by atoms with Crippen LogP contribution < -0.4 is 14.2 Å². The van der Waals surface area contributed by atoms with Gasteiger partial charge in [-0.3, -0.25) is 9.59 Å². The van der Waals surface area contributed by atoms with E-state index < -0.39 is 5.41 Å². The Balaban J connectivity index is 1.60. The summed E-state index contributed by atoms with van der Waals surface area (Å²) in [6.07, 6.45) is 3.50. The van der Waals surface area contributed by atoms with Crippen molar-refractivity contribution in [2.45, 2.75) is 33.8 Å². The van der Waals surface area contributed by atoms with Gasteiger partial charge in [-0.2, -0.15) is 0 Å². The molecule has 0 saturated heterocycles. The zero-order valence-electron chi connectivity index (χ0n) is 16.8. The van der Waals surface area contributed by atoms with Crippen LogP contribution in [0.1, 0.15) is 43.6 Å². The molecule has 0 fully saturated rings. The Kier molecular flexibility index (Phi) is 4.53. The molecule has 2 aliphatic heterocycles. The van der Waals surface area contributed by atoms with Crippen LogP contribution in [0.2, 0.25) is 0 Å². The number of para-hydroxylation sites is 1. The monoisotopic (exact) mass is 390 g/mol. The molecule has 0 spiro atoms. The molecule has 0 bridgehead atoms. The summed E-state index contributed by atoms with van der Waals surface area (Å²) in [4.78, 5) is 24.8. The second-order valence-electron chi connectivity index (χ2n) is 8.18. The predicted octanol–water partition coefficient (Wildman–Crippen LogP) is 4.96. The summed E-state index contributed by atoms with van der Waals surface area (Å²) in [5.74, 6) is 1.20. The van der Waals surface area contributed by atoms with Crippen LogP contribution in [0.15, 0.2) is 59.9 Å². The number of hydrogen-bond donors (Lipinski definition) is 0. The van der Waals surface area contributed by atoms with Gasteiger partial charge in [0.25, 0.3) is 0 Å². The standard InChI is InChI=1S/C24H22O5/c1-14-16(11-15-7-5-6-8-19(15)27-14)12-21-22(25)18-10-9-17(13-20(18)29-21)28-23(26)24(2,3)4/h5-14H,1-4H3/b21-12+/t14-/m1/s1. The normalized spacial score (nSPS) is 19.0. The first kappa shape index (κ1) is 19.0. The highest BCUT2D eigenvalue weighted by atomic mass is 16.5. The van der Waals surface area contributed by atoms with Crippen LogP contribution in [-0.4, -0.2) is 17.9 Å². The van der Waals surface area contributed by atoms with Gasteiger partial charge >= 0.3 is 5.97 Å². The predicted molar refractivity (Wildman–Crippen MR) is 109 cm³/mol. The van der Waals surface area contributed by atoms with Crippen molar-refractivity contribution < 1.29 is 23.8 Å². The van der Waals surface area contributed by atoms with Gasteiger partial charge in [0.05, 0.1) is 11.0 Å². The van der Waals surface area contributed by atoms with Gasteiger partial charge in [-0.1, -0.05) is 18.2 Å². The molecule has 2 heterocycles. The maximum absolute atomic E-state index is 12.7. The van der Waals surface area contributed by atoms with Gasteiger partial charge < -0.3 is 14.2 Å². The van der Waals surface area contributed by atoms with E-state index in [4.69, 9.17) is 14.2 Å². The molecular formula is C24H22O5. The van der Waals surface area contributed by atoms with E-state index in [-0.39, 0.29) is 23.6 Å². The smallest absolute Gasteiger partial charge is 0.316 e. The molecule has 0 amide bonds. The molecule has 1 atom stereocenters. The number of hydrogen-bond acceptors (Lipinski definition) is 5. The summed E-state index contributed by atoms with van der Waals surface area (Å²) in [7, 11) is 0. The fourth-order valence-corrected chi connectivity index (χ4v) is 3.06. The lowest BCUT2D eigenvalue weighted by molar-refractivity contribution is -0.143. The molecule has 148 valence electrons. The number of fused-ring (bicyclic) bond motifs is 2. The highest BCUT2D eigenvalue weighted by molar-refractivity contribution is 6.12. The number of esters is 1. The lowest BCUT2D eigenvalue weighted by atomic mass is 9.97. The third kappa shape index (κ3) is 3.68. The Morgan fingerprint density at radius 1 is 1.10 bits per heavy atom. The van der Waals surface area contributed by atoms with Crippen molar-refractivity contribution in [3.63, 3.8) is 0 Å². The van der Waals surface area contributed by atoms with Crippen LogP contribution in [0.25, 0.3) is 6.08 Å². The Morgan fingerprint density at radius 3 is 2.62 bits per heavy atom. The van der Waals surface area contributed by atoms with E-state index in [2.05, 4.69) is 0 Å². The van der Waals surface area contributed by atoms with Crippen LogP contribution in [0, 0.1) is 5.41 Å². The van der Waals surface area contributed by atoms with Crippen molar-refractivity contribution in [3.05, 3.63) is 71.0 Å². The fraction of sp³-hybridized carbons (Fsp3) is 0.250. The van der Waals surface area contributed by atoms with E-state index in [1.165, 1.54) is 0 Å². The first-order valence-corrected chi connectivity index (χ1v) is 9.50. The molecule has 5 nitrogen and oxygen atoms in total. The van der Waals surface area contributed by atoms with Crippen molar-refractivity contribution in [2.75, 3.05) is 0 Å². The molecule has 2 aromatic carbocycles. The van der Waals surface area contributed by atoms with Crippen LogP contribution in [0.5, 0.6) is 17.2 Å². The minimum atomic E-state index is -0.624. The zero-order chi connectivity index (χ0) is 20.8. The molecule has 29 heavy (non-hydrogen) atoms. The lowest BCUT2D eigenvalue weighted by Crippen LogP contribution is -2.25. The highest BCUT2D eigenvalue weighted by Crippen LogP contribution is 2.37. The second kappa shape index (κ2) is 6.92. The number of rotatable bonds is 2. The van der Waals surface area contributed by atoms with E-state index in [0.29, 0.717) is 17.1 Å². The number of benzene rings is 2. The third-order valence-electron chi connectivity index (χ3n) is 4.78. The van der Waals surface area contributed by atoms with Crippen molar-refractivity contribution >= 4 is 17.8 Å². The average molecular weight is 390 g/mol. The molecule has 0 N–H and O–H groups in total. The number of Topliss-reactive ketones (excluding diaryl/α,β-unsaturated/α-hetero) is 1. The Bertz CT molecular complexity index is 1070. The Morgan fingerprint density at radius 2 is 1.86 bits per heavy atom. The van der Waals surface area contributed by atoms with Gasteiger partial charge in [-0.15, -0.1) is 0 Å². The highest BCUT2D eigenvalue weighted by Gasteiger charge is 2.30.